The summed E-state index contributed by atoms with van der Waals surface area (Å²) in [4.78, 5) is 0. The van der Waals surface area contributed by atoms with Gasteiger partial charge in [0.05, 0.1) is 12.1 Å². The summed E-state index contributed by atoms with van der Waals surface area (Å²) >= 11 is 0. The Labute approximate surface area is 126 Å². The number of rotatable bonds is 5. The van der Waals surface area contributed by atoms with Crippen LogP contribution in [0.25, 0.3) is 0 Å². The van der Waals surface area contributed by atoms with Gasteiger partial charge in [0, 0.05) is 0 Å². The molecule has 110 valence electrons. The van der Waals surface area contributed by atoms with Crippen molar-refractivity contribution >= 4 is 0 Å². The van der Waals surface area contributed by atoms with E-state index in [1.165, 1.54) is 22.3 Å². The largest absolute Gasteiger partial charge is 0.393 e. The fourth-order valence-corrected chi connectivity index (χ4v) is 3.19. The summed E-state index contributed by atoms with van der Waals surface area (Å²) in [6.45, 7) is 2.78. The van der Waals surface area contributed by atoms with Crippen molar-refractivity contribution in [2.75, 3.05) is 6.54 Å². The minimum atomic E-state index is -0.210. The first kappa shape index (κ1) is 14.3. The average molecular weight is 281 g/mol. The van der Waals surface area contributed by atoms with Crippen molar-refractivity contribution in [2.24, 2.45) is 0 Å². The molecule has 1 aliphatic carbocycles. The topological polar surface area (TPSA) is 32.3 Å². The molecule has 0 radical (unpaired) electrons. The lowest BCUT2D eigenvalue weighted by atomic mass is 9.82. The minimum Gasteiger partial charge on any atom is -0.393 e. The fourth-order valence-electron chi connectivity index (χ4n) is 3.19. The Hall–Kier alpha value is -1.64. The summed E-state index contributed by atoms with van der Waals surface area (Å²) in [7, 11) is 0. The lowest BCUT2D eigenvalue weighted by Crippen LogP contribution is -2.28. The van der Waals surface area contributed by atoms with Crippen LogP contribution in [-0.2, 0) is 6.42 Å². The van der Waals surface area contributed by atoms with Gasteiger partial charge >= 0.3 is 0 Å². The molecule has 0 saturated carbocycles. The highest BCUT2D eigenvalue weighted by Gasteiger charge is 2.24. The summed E-state index contributed by atoms with van der Waals surface area (Å²) in [5.74, 6) is 0. The average Bonchev–Trinajstić information content (AvgIpc) is 2.50. The summed E-state index contributed by atoms with van der Waals surface area (Å²) in [5.41, 5.74) is 5.63. The number of aliphatic hydroxyl groups excluding tert-OH is 1. The second kappa shape index (κ2) is 6.42. The zero-order chi connectivity index (χ0) is 14.7. The maximum atomic E-state index is 9.38. The van der Waals surface area contributed by atoms with Crippen LogP contribution < -0.4 is 5.32 Å². The third-order valence-electron chi connectivity index (χ3n) is 4.26. The quantitative estimate of drug-likeness (QED) is 0.823. The van der Waals surface area contributed by atoms with E-state index in [2.05, 4.69) is 53.8 Å². The lowest BCUT2D eigenvalue weighted by molar-refractivity contribution is 0.181. The van der Waals surface area contributed by atoms with Crippen LogP contribution in [0.5, 0.6) is 0 Å². The molecule has 2 nitrogen and oxygen atoms in total. The highest BCUT2D eigenvalue weighted by Crippen LogP contribution is 2.34. The first-order valence-corrected chi connectivity index (χ1v) is 7.83. The highest BCUT2D eigenvalue weighted by molar-refractivity contribution is 5.48. The van der Waals surface area contributed by atoms with Crippen LogP contribution in [-0.4, -0.2) is 17.8 Å². The molecule has 1 unspecified atom stereocenters. The molecular formula is C19H23NO. The maximum absolute atomic E-state index is 9.38. The van der Waals surface area contributed by atoms with Crippen molar-refractivity contribution in [1.82, 2.24) is 5.32 Å². The van der Waals surface area contributed by atoms with Gasteiger partial charge in [0.1, 0.15) is 0 Å². The number of benzene rings is 2. The Balaban J connectivity index is 1.81. The van der Waals surface area contributed by atoms with Gasteiger partial charge in [0.25, 0.3) is 0 Å². The molecule has 1 atom stereocenters. The fraction of sp³-hybridized carbons (Fsp3) is 0.368. The van der Waals surface area contributed by atoms with Gasteiger partial charge in [-0.2, -0.15) is 0 Å². The first-order valence-electron chi connectivity index (χ1n) is 7.83. The standard InChI is InChI=1S/C19H23NO/c1-14(21)7-6-12-20-19-17-10-4-2-8-15(17)13-16-9-3-5-11-18(16)19/h2-5,8-11,14,19-21H,6-7,12-13H2,1H3. The molecule has 2 aromatic rings. The number of hydrogen-bond acceptors (Lipinski definition) is 2. The van der Waals surface area contributed by atoms with Crippen molar-refractivity contribution < 1.29 is 5.11 Å². The molecule has 2 aromatic carbocycles. The van der Waals surface area contributed by atoms with Crippen LogP contribution in [0.2, 0.25) is 0 Å². The monoisotopic (exact) mass is 281 g/mol. The molecule has 21 heavy (non-hydrogen) atoms. The van der Waals surface area contributed by atoms with Crippen LogP contribution in [0.4, 0.5) is 0 Å². The Kier molecular flexibility index (Phi) is 4.37. The zero-order valence-corrected chi connectivity index (χ0v) is 12.5. The van der Waals surface area contributed by atoms with E-state index in [1.54, 1.807) is 0 Å². The van der Waals surface area contributed by atoms with Crippen LogP contribution in [0.15, 0.2) is 48.5 Å². The van der Waals surface area contributed by atoms with Crippen LogP contribution in [0, 0.1) is 0 Å². The molecule has 1 aliphatic rings. The minimum absolute atomic E-state index is 0.210. The molecule has 0 aliphatic heterocycles. The van der Waals surface area contributed by atoms with Crippen molar-refractivity contribution in [3.05, 3.63) is 70.8 Å². The SMILES string of the molecule is CC(O)CCCNC1c2ccccc2Cc2ccccc21. The Morgan fingerprint density at radius 1 is 1.05 bits per heavy atom. The molecule has 0 fully saturated rings. The number of fused-ring (bicyclic) bond motifs is 2. The van der Waals surface area contributed by atoms with Gasteiger partial charge in [0.15, 0.2) is 0 Å². The third-order valence-corrected chi connectivity index (χ3v) is 4.26. The van der Waals surface area contributed by atoms with E-state index in [1.807, 2.05) is 6.92 Å². The summed E-state index contributed by atoms with van der Waals surface area (Å²) < 4.78 is 0. The van der Waals surface area contributed by atoms with Crippen LogP contribution in [0.1, 0.15) is 48.1 Å². The van der Waals surface area contributed by atoms with Gasteiger partial charge < -0.3 is 10.4 Å². The molecule has 2 N–H and O–H groups in total. The molecule has 2 heteroatoms. The molecule has 0 spiro atoms. The molecule has 0 amide bonds. The van der Waals surface area contributed by atoms with Crippen molar-refractivity contribution in [3.63, 3.8) is 0 Å². The molecular weight excluding hydrogens is 258 g/mol. The second-order valence-corrected chi connectivity index (χ2v) is 5.95. The van der Waals surface area contributed by atoms with E-state index >= 15 is 0 Å². The van der Waals surface area contributed by atoms with E-state index in [-0.39, 0.29) is 12.1 Å². The second-order valence-electron chi connectivity index (χ2n) is 5.95. The molecule has 0 bridgehead atoms. The normalized spacial score (nSPS) is 15.3. The zero-order valence-electron chi connectivity index (χ0n) is 12.5. The Morgan fingerprint density at radius 3 is 2.19 bits per heavy atom. The first-order chi connectivity index (χ1) is 10.3. The smallest absolute Gasteiger partial charge is 0.0582 e. The molecule has 3 rings (SSSR count). The van der Waals surface area contributed by atoms with Gasteiger partial charge in [-0.25, -0.2) is 0 Å². The molecule has 0 saturated heterocycles. The summed E-state index contributed by atoms with van der Waals surface area (Å²) in [6.07, 6.45) is 2.66. The Bertz CT molecular complexity index is 561. The van der Waals surface area contributed by atoms with Crippen molar-refractivity contribution in [3.8, 4) is 0 Å². The number of nitrogens with one attached hydrogen (secondary N) is 1. The molecule has 0 aromatic heterocycles. The van der Waals surface area contributed by atoms with Gasteiger partial charge in [-0.15, -0.1) is 0 Å². The Morgan fingerprint density at radius 2 is 1.62 bits per heavy atom. The predicted octanol–water partition coefficient (Wildman–Crippen LogP) is 3.43. The van der Waals surface area contributed by atoms with E-state index in [9.17, 15) is 5.11 Å². The van der Waals surface area contributed by atoms with E-state index in [0.717, 1.165) is 25.8 Å². The lowest BCUT2D eigenvalue weighted by Gasteiger charge is -2.29. The number of hydrogen-bond donors (Lipinski definition) is 2. The van der Waals surface area contributed by atoms with Crippen LogP contribution >= 0.6 is 0 Å². The summed E-state index contributed by atoms with van der Waals surface area (Å²) in [5, 5.41) is 13.1. The van der Waals surface area contributed by atoms with Gasteiger partial charge in [-0.05, 0) is 55.0 Å². The van der Waals surface area contributed by atoms with Gasteiger partial charge in [0.2, 0.25) is 0 Å². The van der Waals surface area contributed by atoms with Crippen LogP contribution in [0.3, 0.4) is 0 Å². The van der Waals surface area contributed by atoms with Gasteiger partial charge in [-0.3, -0.25) is 0 Å². The predicted molar refractivity (Wildman–Crippen MR) is 86.5 cm³/mol. The van der Waals surface area contributed by atoms with E-state index in [0.29, 0.717) is 0 Å². The maximum Gasteiger partial charge on any atom is 0.0582 e. The van der Waals surface area contributed by atoms with Crippen molar-refractivity contribution in [2.45, 2.75) is 38.3 Å². The van der Waals surface area contributed by atoms with E-state index in [4.69, 9.17) is 0 Å². The van der Waals surface area contributed by atoms with Crippen molar-refractivity contribution in [1.29, 1.82) is 0 Å². The van der Waals surface area contributed by atoms with E-state index < -0.39 is 0 Å². The number of aliphatic hydroxyl groups is 1. The third kappa shape index (κ3) is 3.17. The van der Waals surface area contributed by atoms with Gasteiger partial charge in [-0.1, -0.05) is 48.5 Å². The highest BCUT2D eigenvalue weighted by atomic mass is 16.3. The molecule has 0 heterocycles. The summed E-state index contributed by atoms with van der Waals surface area (Å²) in [6, 6.07) is 17.7.